The molecule has 0 bridgehead atoms. The van der Waals surface area contributed by atoms with Crippen molar-refractivity contribution in [2.75, 3.05) is 7.11 Å². The van der Waals surface area contributed by atoms with Crippen molar-refractivity contribution in [2.45, 2.75) is 25.6 Å². The maximum Gasteiger partial charge on any atom is 0.122 e. The summed E-state index contributed by atoms with van der Waals surface area (Å²) in [6, 6.07) is 3.69. The van der Waals surface area contributed by atoms with Crippen molar-refractivity contribution in [3.8, 4) is 0 Å². The van der Waals surface area contributed by atoms with Crippen molar-refractivity contribution in [3.05, 3.63) is 24.0 Å². The molecule has 1 heterocycles. The Balaban J connectivity index is 2.78. The number of nitrogens with one attached hydrogen (secondary N) is 1. The molecule has 0 radical (unpaired) electrons. The van der Waals surface area contributed by atoms with Gasteiger partial charge >= 0.3 is 0 Å². The molecule has 1 atom stereocenters. The highest BCUT2D eigenvalue weighted by Gasteiger charge is 2.29. The number of aromatic nitrogens is 1. The molecule has 0 aliphatic rings. The molecule has 1 unspecified atom stereocenters. The molecule has 0 aliphatic carbocycles. The molecule has 2 N–H and O–H groups in total. The quantitative estimate of drug-likeness (QED) is 0.719. The number of ether oxygens (including phenoxy) is 1. The van der Waals surface area contributed by atoms with Crippen LogP contribution in [0.4, 0.5) is 0 Å². The van der Waals surface area contributed by atoms with Crippen LogP contribution in [0, 0.1) is 0 Å². The van der Waals surface area contributed by atoms with Gasteiger partial charge in [0, 0.05) is 19.0 Å². The lowest BCUT2D eigenvalue weighted by Crippen LogP contribution is -2.31. The van der Waals surface area contributed by atoms with Crippen LogP contribution in [-0.2, 0) is 4.74 Å². The van der Waals surface area contributed by atoms with Gasteiger partial charge in [0.1, 0.15) is 6.10 Å². The Hall–Kier alpha value is -0.800. The van der Waals surface area contributed by atoms with Gasteiger partial charge in [0.2, 0.25) is 0 Å². The first-order valence-corrected chi connectivity index (χ1v) is 3.94. The molecular formula is C9H15NO2. The van der Waals surface area contributed by atoms with Crippen molar-refractivity contribution in [3.63, 3.8) is 0 Å². The minimum absolute atomic E-state index is 0.551. The first kappa shape index (κ1) is 9.29. The molecule has 0 aliphatic heterocycles. The Morgan fingerprint density at radius 1 is 1.58 bits per heavy atom. The van der Waals surface area contributed by atoms with Crippen LogP contribution in [0.2, 0.25) is 0 Å². The van der Waals surface area contributed by atoms with Gasteiger partial charge in [0.25, 0.3) is 0 Å². The second kappa shape index (κ2) is 3.29. The average molecular weight is 169 g/mol. The van der Waals surface area contributed by atoms with E-state index in [1.165, 1.54) is 0 Å². The van der Waals surface area contributed by atoms with Gasteiger partial charge in [-0.05, 0) is 26.0 Å². The summed E-state index contributed by atoms with van der Waals surface area (Å²) in [6.07, 6.45) is 1.17. The highest BCUT2D eigenvalue weighted by molar-refractivity contribution is 5.10. The third-order valence-electron chi connectivity index (χ3n) is 2.10. The van der Waals surface area contributed by atoms with Gasteiger partial charge in [0.05, 0.1) is 5.60 Å². The molecule has 0 fully saturated rings. The van der Waals surface area contributed by atoms with E-state index in [0.29, 0.717) is 0 Å². The molecular weight excluding hydrogens is 154 g/mol. The average Bonchev–Trinajstić information content (AvgIpc) is 2.55. The van der Waals surface area contributed by atoms with Crippen LogP contribution >= 0.6 is 0 Å². The fourth-order valence-corrected chi connectivity index (χ4v) is 1.00. The molecule has 0 saturated heterocycles. The van der Waals surface area contributed by atoms with E-state index in [1.807, 2.05) is 26.0 Å². The van der Waals surface area contributed by atoms with E-state index in [-0.39, 0.29) is 0 Å². The number of hydrogen-bond acceptors (Lipinski definition) is 2. The van der Waals surface area contributed by atoms with Gasteiger partial charge in [-0.1, -0.05) is 0 Å². The summed E-state index contributed by atoms with van der Waals surface area (Å²) in [4.78, 5) is 2.95. The van der Waals surface area contributed by atoms with Gasteiger partial charge in [-0.25, -0.2) is 0 Å². The first-order chi connectivity index (χ1) is 5.58. The molecule has 3 heteroatoms. The molecule has 0 spiro atoms. The van der Waals surface area contributed by atoms with Crippen LogP contribution in [0.5, 0.6) is 0 Å². The summed E-state index contributed by atoms with van der Waals surface area (Å²) < 4.78 is 5.15. The lowest BCUT2D eigenvalue weighted by atomic mass is 9.99. The van der Waals surface area contributed by atoms with Crippen molar-refractivity contribution in [1.82, 2.24) is 4.98 Å². The lowest BCUT2D eigenvalue weighted by Gasteiger charge is -2.28. The summed E-state index contributed by atoms with van der Waals surface area (Å²) in [6.45, 7) is 3.69. The monoisotopic (exact) mass is 169 g/mol. The predicted molar refractivity (Wildman–Crippen MR) is 46.8 cm³/mol. The number of methoxy groups -OCH3 is 1. The van der Waals surface area contributed by atoms with E-state index < -0.39 is 11.7 Å². The second-order valence-corrected chi connectivity index (χ2v) is 3.34. The Kier molecular flexibility index (Phi) is 2.55. The zero-order valence-electron chi connectivity index (χ0n) is 7.66. The minimum Gasteiger partial charge on any atom is -0.384 e. The van der Waals surface area contributed by atoms with Crippen LogP contribution in [0.15, 0.2) is 18.3 Å². The summed E-state index contributed by atoms with van der Waals surface area (Å²) in [5.74, 6) is 0. The van der Waals surface area contributed by atoms with E-state index in [4.69, 9.17) is 4.74 Å². The van der Waals surface area contributed by atoms with Gasteiger partial charge in [-0.2, -0.15) is 0 Å². The summed E-state index contributed by atoms with van der Waals surface area (Å²) >= 11 is 0. The first-order valence-electron chi connectivity index (χ1n) is 3.94. The number of hydrogen-bond donors (Lipinski definition) is 2. The van der Waals surface area contributed by atoms with Crippen LogP contribution in [0.1, 0.15) is 25.6 Å². The molecule has 0 saturated carbocycles. The zero-order valence-corrected chi connectivity index (χ0v) is 7.66. The topological polar surface area (TPSA) is 45.2 Å². The van der Waals surface area contributed by atoms with E-state index in [2.05, 4.69) is 4.98 Å². The van der Waals surface area contributed by atoms with Gasteiger partial charge in [-0.15, -0.1) is 0 Å². The molecule has 68 valence electrons. The normalized spacial score (nSPS) is 14.7. The maximum atomic E-state index is 9.78. The van der Waals surface area contributed by atoms with Crippen LogP contribution in [0.25, 0.3) is 0 Å². The Labute approximate surface area is 72.4 Å². The number of H-pyrrole nitrogens is 1. The van der Waals surface area contributed by atoms with E-state index in [9.17, 15) is 5.11 Å². The molecule has 0 amide bonds. The van der Waals surface area contributed by atoms with E-state index >= 15 is 0 Å². The summed E-state index contributed by atoms with van der Waals surface area (Å²) in [5.41, 5.74) is 0.229. The fourth-order valence-electron chi connectivity index (χ4n) is 1.00. The fraction of sp³-hybridized carbons (Fsp3) is 0.556. The molecule has 1 aromatic heterocycles. The number of rotatable bonds is 3. The SMILES string of the molecule is COC(C)(C)C(O)c1ccc[nH]1. The van der Waals surface area contributed by atoms with Crippen molar-refractivity contribution in [1.29, 1.82) is 0 Å². The van der Waals surface area contributed by atoms with Crippen LogP contribution in [0.3, 0.4) is 0 Å². The molecule has 1 aromatic rings. The Morgan fingerprint density at radius 3 is 2.67 bits per heavy atom. The Bertz CT molecular complexity index is 229. The highest BCUT2D eigenvalue weighted by atomic mass is 16.5. The van der Waals surface area contributed by atoms with Gasteiger partial charge in [-0.3, -0.25) is 0 Å². The standard InChI is InChI=1S/C9H15NO2/c1-9(2,12-3)8(11)7-5-4-6-10-7/h4-6,8,10-11H,1-3H3. The van der Waals surface area contributed by atoms with Crippen molar-refractivity contribution >= 4 is 0 Å². The zero-order chi connectivity index (χ0) is 9.19. The predicted octanol–water partition coefficient (Wildman–Crippen LogP) is 1.47. The lowest BCUT2D eigenvalue weighted by molar-refractivity contribution is -0.0808. The van der Waals surface area contributed by atoms with Crippen LogP contribution < -0.4 is 0 Å². The molecule has 12 heavy (non-hydrogen) atoms. The minimum atomic E-state index is -0.613. The van der Waals surface area contributed by atoms with E-state index in [1.54, 1.807) is 13.3 Å². The van der Waals surface area contributed by atoms with E-state index in [0.717, 1.165) is 5.69 Å². The van der Waals surface area contributed by atoms with Gasteiger partial charge < -0.3 is 14.8 Å². The number of aliphatic hydroxyl groups is 1. The third-order valence-corrected chi connectivity index (χ3v) is 2.10. The molecule has 0 aromatic carbocycles. The highest BCUT2D eigenvalue weighted by Crippen LogP contribution is 2.26. The van der Waals surface area contributed by atoms with Gasteiger partial charge in [0.15, 0.2) is 0 Å². The molecule has 1 rings (SSSR count). The molecule has 3 nitrogen and oxygen atoms in total. The van der Waals surface area contributed by atoms with Crippen molar-refractivity contribution in [2.24, 2.45) is 0 Å². The maximum absolute atomic E-state index is 9.78. The Morgan fingerprint density at radius 2 is 2.25 bits per heavy atom. The summed E-state index contributed by atoms with van der Waals surface area (Å²) in [7, 11) is 1.59. The second-order valence-electron chi connectivity index (χ2n) is 3.34. The van der Waals surface area contributed by atoms with Crippen LogP contribution in [-0.4, -0.2) is 22.8 Å². The van der Waals surface area contributed by atoms with Crippen molar-refractivity contribution < 1.29 is 9.84 Å². The number of aromatic amines is 1. The largest absolute Gasteiger partial charge is 0.384 e. The number of aliphatic hydroxyl groups excluding tert-OH is 1. The smallest absolute Gasteiger partial charge is 0.122 e. The summed E-state index contributed by atoms with van der Waals surface area (Å²) in [5, 5.41) is 9.78. The third kappa shape index (κ3) is 1.68.